The van der Waals surface area contributed by atoms with Gasteiger partial charge in [-0.05, 0) is 29.9 Å². The Bertz CT molecular complexity index is 915. The third-order valence-corrected chi connectivity index (χ3v) is 5.11. The van der Waals surface area contributed by atoms with E-state index in [1.807, 2.05) is 55.5 Å². The maximum Gasteiger partial charge on any atom is 0.407 e. The number of benzene rings is 2. The summed E-state index contributed by atoms with van der Waals surface area (Å²) >= 11 is 0. The van der Waals surface area contributed by atoms with Crippen molar-refractivity contribution >= 4 is 6.09 Å². The standard InChI is InChI=1S/C24H29N3O4/c1-18(21(16-28)25-24(29)30-17-20-11-6-3-7-12-20)15-22-26-23(31-27-22)14-8-13-19-9-4-2-5-10-19/h2-7,9-12,18,21,28H,8,13-17H2,1H3,(H,25,29). The summed E-state index contributed by atoms with van der Waals surface area (Å²) < 4.78 is 10.6. The maximum absolute atomic E-state index is 12.1. The number of nitrogens with zero attached hydrogens (tertiary/aromatic N) is 2. The monoisotopic (exact) mass is 423 g/mol. The smallest absolute Gasteiger partial charge is 0.407 e. The number of aromatic nitrogens is 2. The summed E-state index contributed by atoms with van der Waals surface area (Å²) in [4.78, 5) is 16.5. The molecule has 0 aliphatic rings. The number of carbonyl (C=O) groups is 1. The third kappa shape index (κ3) is 7.53. The topological polar surface area (TPSA) is 97.5 Å². The molecule has 2 N–H and O–H groups in total. The fourth-order valence-corrected chi connectivity index (χ4v) is 3.28. The van der Waals surface area contributed by atoms with E-state index in [4.69, 9.17) is 9.26 Å². The van der Waals surface area contributed by atoms with Crippen LogP contribution in [0.1, 0.15) is 36.2 Å². The molecule has 164 valence electrons. The average Bonchev–Trinajstić information content (AvgIpc) is 3.24. The van der Waals surface area contributed by atoms with E-state index in [9.17, 15) is 9.90 Å². The molecule has 1 aromatic heterocycles. The Morgan fingerprint density at radius 3 is 2.42 bits per heavy atom. The predicted molar refractivity (Wildman–Crippen MR) is 116 cm³/mol. The van der Waals surface area contributed by atoms with Gasteiger partial charge in [-0.25, -0.2) is 4.79 Å². The predicted octanol–water partition coefficient (Wildman–Crippen LogP) is 3.71. The fourth-order valence-electron chi connectivity index (χ4n) is 3.28. The van der Waals surface area contributed by atoms with Crippen molar-refractivity contribution in [2.45, 2.75) is 45.3 Å². The van der Waals surface area contributed by atoms with Crippen molar-refractivity contribution in [1.29, 1.82) is 0 Å². The Hall–Kier alpha value is -3.19. The van der Waals surface area contributed by atoms with E-state index in [1.165, 1.54) is 5.56 Å². The summed E-state index contributed by atoms with van der Waals surface area (Å²) in [5.74, 6) is 1.08. The zero-order chi connectivity index (χ0) is 21.9. The van der Waals surface area contributed by atoms with Crippen LogP contribution in [0, 0.1) is 5.92 Å². The van der Waals surface area contributed by atoms with Gasteiger partial charge < -0.3 is 19.7 Å². The number of hydrogen-bond acceptors (Lipinski definition) is 6. The molecule has 2 aromatic carbocycles. The maximum atomic E-state index is 12.1. The summed E-state index contributed by atoms with van der Waals surface area (Å²) in [5.41, 5.74) is 2.18. The molecule has 2 atom stereocenters. The number of aliphatic hydroxyl groups excluding tert-OH is 1. The average molecular weight is 424 g/mol. The van der Waals surface area contributed by atoms with E-state index in [-0.39, 0.29) is 19.1 Å². The Labute approximate surface area is 182 Å². The number of rotatable bonds is 11. The van der Waals surface area contributed by atoms with Gasteiger partial charge in [-0.1, -0.05) is 72.7 Å². The van der Waals surface area contributed by atoms with Gasteiger partial charge >= 0.3 is 6.09 Å². The second kappa shape index (κ2) is 11.9. The number of aryl methyl sites for hydroxylation is 2. The molecular formula is C24H29N3O4. The molecule has 1 heterocycles. The van der Waals surface area contributed by atoms with Crippen LogP contribution >= 0.6 is 0 Å². The Morgan fingerprint density at radius 2 is 1.74 bits per heavy atom. The lowest BCUT2D eigenvalue weighted by atomic mass is 9.99. The summed E-state index contributed by atoms with van der Waals surface area (Å²) in [6.45, 7) is 1.89. The molecule has 0 aliphatic carbocycles. The SMILES string of the molecule is CC(Cc1noc(CCCc2ccccc2)n1)C(CO)NC(=O)OCc1ccccc1. The number of aliphatic hydroxyl groups is 1. The fraction of sp³-hybridized carbons (Fsp3) is 0.375. The lowest BCUT2D eigenvalue weighted by molar-refractivity contribution is 0.121. The van der Waals surface area contributed by atoms with Gasteiger partial charge in [0.15, 0.2) is 5.82 Å². The van der Waals surface area contributed by atoms with Crippen molar-refractivity contribution in [1.82, 2.24) is 15.5 Å². The lowest BCUT2D eigenvalue weighted by Gasteiger charge is -2.22. The molecule has 0 aliphatic heterocycles. The molecular weight excluding hydrogens is 394 g/mol. The van der Waals surface area contributed by atoms with E-state index in [1.54, 1.807) is 0 Å². The van der Waals surface area contributed by atoms with Gasteiger partial charge in [0.25, 0.3) is 0 Å². The van der Waals surface area contributed by atoms with Gasteiger partial charge in [-0.2, -0.15) is 4.98 Å². The summed E-state index contributed by atoms with van der Waals surface area (Å²) in [7, 11) is 0. The molecule has 7 nitrogen and oxygen atoms in total. The summed E-state index contributed by atoms with van der Waals surface area (Å²) in [5, 5.41) is 16.5. The van der Waals surface area contributed by atoms with Gasteiger partial charge in [0.2, 0.25) is 5.89 Å². The molecule has 1 amide bonds. The highest BCUT2D eigenvalue weighted by molar-refractivity contribution is 5.67. The molecule has 3 rings (SSSR count). The highest BCUT2D eigenvalue weighted by atomic mass is 16.5. The van der Waals surface area contributed by atoms with Crippen LogP contribution in [0.15, 0.2) is 65.2 Å². The molecule has 0 fully saturated rings. The first-order valence-electron chi connectivity index (χ1n) is 10.6. The molecule has 0 spiro atoms. The highest BCUT2D eigenvalue weighted by Gasteiger charge is 2.22. The molecule has 0 saturated carbocycles. The lowest BCUT2D eigenvalue weighted by Crippen LogP contribution is -2.43. The molecule has 31 heavy (non-hydrogen) atoms. The van der Waals surface area contributed by atoms with Crippen LogP contribution in [0.2, 0.25) is 0 Å². The second-order valence-corrected chi connectivity index (χ2v) is 7.62. The largest absolute Gasteiger partial charge is 0.445 e. The van der Waals surface area contributed by atoms with Crippen LogP contribution in [-0.2, 0) is 30.6 Å². The Morgan fingerprint density at radius 1 is 1.06 bits per heavy atom. The number of hydrogen-bond donors (Lipinski definition) is 2. The van der Waals surface area contributed by atoms with E-state index in [0.29, 0.717) is 24.6 Å². The second-order valence-electron chi connectivity index (χ2n) is 7.62. The van der Waals surface area contributed by atoms with Crippen LogP contribution in [0.4, 0.5) is 4.79 Å². The highest BCUT2D eigenvalue weighted by Crippen LogP contribution is 2.13. The number of nitrogens with one attached hydrogen (secondary N) is 1. The third-order valence-electron chi connectivity index (χ3n) is 5.11. The number of alkyl carbamates (subject to hydrolysis) is 1. The quantitative estimate of drug-likeness (QED) is 0.488. The molecule has 3 aromatic rings. The molecule has 7 heteroatoms. The van der Waals surface area contributed by atoms with Gasteiger partial charge in [0.05, 0.1) is 12.6 Å². The zero-order valence-electron chi connectivity index (χ0n) is 17.7. The van der Waals surface area contributed by atoms with Crippen molar-refractivity contribution in [3.63, 3.8) is 0 Å². The van der Waals surface area contributed by atoms with Crippen molar-refractivity contribution < 1.29 is 19.2 Å². The molecule has 0 saturated heterocycles. The van der Waals surface area contributed by atoms with Gasteiger partial charge in [-0.3, -0.25) is 0 Å². The van der Waals surface area contributed by atoms with Crippen molar-refractivity contribution in [2.75, 3.05) is 6.61 Å². The van der Waals surface area contributed by atoms with Gasteiger partial charge in [0.1, 0.15) is 6.61 Å². The Kier molecular flexibility index (Phi) is 8.60. The first-order valence-corrected chi connectivity index (χ1v) is 10.6. The van der Waals surface area contributed by atoms with Crippen molar-refractivity contribution in [2.24, 2.45) is 5.92 Å². The van der Waals surface area contributed by atoms with E-state index < -0.39 is 12.1 Å². The van der Waals surface area contributed by atoms with Gasteiger partial charge in [0, 0.05) is 12.8 Å². The van der Waals surface area contributed by atoms with Crippen molar-refractivity contribution in [3.8, 4) is 0 Å². The summed E-state index contributed by atoms with van der Waals surface area (Å²) in [6, 6.07) is 19.2. The van der Waals surface area contributed by atoms with Crippen LogP contribution in [-0.4, -0.2) is 34.0 Å². The minimum Gasteiger partial charge on any atom is -0.445 e. The molecule has 0 bridgehead atoms. The van der Waals surface area contributed by atoms with E-state index in [0.717, 1.165) is 18.4 Å². The molecule has 0 radical (unpaired) electrons. The van der Waals surface area contributed by atoms with Crippen LogP contribution in [0.5, 0.6) is 0 Å². The van der Waals surface area contributed by atoms with Crippen LogP contribution in [0.3, 0.4) is 0 Å². The number of carbonyl (C=O) groups excluding carboxylic acids is 1. The Balaban J connectivity index is 1.42. The minimum atomic E-state index is -0.565. The van der Waals surface area contributed by atoms with E-state index in [2.05, 4.69) is 27.6 Å². The van der Waals surface area contributed by atoms with Crippen LogP contribution in [0.25, 0.3) is 0 Å². The minimum absolute atomic E-state index is 0.0935. The summed E-state index contributed by atoms with van der Waals surface area (Å²) in [6.07, 6.45) is 2.51. The number of amides is 1. The number of ether oxygens (including phenoxy) is 1. The van der Waals surface area contributed by atoms with Crippen LogP contribution < -0.4 is 5.32 Å². The molecule has 2 unspecified atom stereocenters. The first-order chi connectivity index (χ1) is 15.1. The van der Waals surface area contributed by atoms with Gasteiger partial charge in [-0.15, -0.1) is 0 Å². The van der Waals surface area contributed by atoms with E-state index >= 15 is 0 Å². The normalized spacial score (nSPS) is 12.8. The first kappa shape index (κ1) is 22.5. The zero-order valence-corrected chi connectivity index (χ0v) is 17.7. The van der Waals surface area contributed by atoms with Crippen molar-refractivity contribution in [3.05, 3.63) is 83.5 Å².